The fourth-order valence-corrected chi connectivity index (χ4v) is 2.96. The van der Waals surface area contributed by atoms with Crippen molar-refractivity contribution in [2.75, 3.05) is 11.0 Å². The van der Waals surface area contributed by atoms with Crippen molar-refractivity contribution in [3.8, 4) is 22.6 Å². The van der Waals surface area contributed by atoms with Gasteiger partial charge in [-0.2, -0.15) is 0 Å². The number of rotatable bonds is 5. The minimum Gasteiger partial charge on any atom is -0.455 e. The lowest BCUT2D eigenvalue weighted by molar-refractivity contribution is 0.482. The Kier molecular flexibility index (Phi) is 4.77. The Balaban J connectivity index is 2.10. The number of aryl methyl sites for hydroxylation is 1. The third-order valence-electron chi connectivity index (χ3n) is 3.54. The van der Waals surface area contributed by atoms with Crippen LogP contribution in [0.5, 0.6) is 11.5 Å². The Bertz CT molecular complexity index is 1090. The summed E-state index contributed by atoms with van der Waals surface area (Å²) in [4.78, 5) is 18.3. The third-order valence-corrected chi connectivity index (χ3v) is 4.15. The van der Waals surface area contributed by atoms with Gasteiger partial charge in [0.1, 0.15) is 11.5 Å². The Labute approximate surface area is 150 Å². The zero-order chi connectivity index (χ0) is 18.7. The van der Waals surface area contributed by atoms with Crippen LogP contribution >= 0.6 is 0 Å². The maximum Gasteiger partial charge on any atom is 0.250 e. The van der Waals surface area contributed by atoms with Crippen LogP contribution in [0.4, 0.5) is 5.69 Å². The van der Waals surface area contributed by atoms with E-state index in [0.29, 0.717) is 33.9 Å². The molecule has 2 heterocycles. The van der Waals surface area contributed by atoms with E-state index in [-0.39, 0.29) is 5.56 Å². The smallest absolute Gasteiger partial charge is 0.250 e. The fourth-order valence-electron chi connectivity index (χ4n) is 2.41. The lowest BCUT2D eigenvalue weighted by Gasteiger charge is -2.14. The first-order chi connectivity index (χ1) is 12.3. The van der Waals surface area contributed by atoms with Gasteiger partial charge in [0.15, 0.2) is 0 Å². The quantitative estimate of drug-likeness (QED) is 0.718. The van der Waals surface area contributed by atoms with Crippen LogP contribution in [-0.2, 0) is 10.0 Å². The van der Waals surface area contributed by atoms with E-state index in [9.17, 15) is 13.2 Å². The summed E-state index contributed by atoms with van der Waals surface area (Å²) >= 11 is 0. The number of hydrogen-bond donors (Lipinski definition) is 2. The molecule has 3 rings (SSSR count). The van der Waals surface area contributed by atoms with Crippen LogP contribution in [0.1, 0.15) is 5.56 Å². The minimum absolute atomic E-state index is 0.186. The predicted molar refractivity (Wildman–Crippen MR) is 100 cm³/mol. The number of sulfonamides is 1. The molecule has 2 aromatic heterocycles. The van der Waals surface area contributed by atoms with Crippen molar-refractivity contribution in [1.82, 2.24) is 9.97 Å². The second-order valence-corrected chi connectivity index (χ2v) is 7.52. The molecule has 1 aromatic carbocycles. The molecule has 0 saturated carbocycles. The number of hydrogen-bond acceptors (Lipinski definition) is 5. The maximum atomic E-state index is 11.6. The normalized spacial score (nSPS) is 11.2. The van der Waals surface area contributed by atoms with Crippen molar-refractivity contribution in [3.63, 3.8) is 0 Å². The molecule has 2 N–H and O–H groups in total. The van der Waals surface area contributed by atoms with Gasteiger partial charge in [0.25, 0.3) is 5.56 Å². The number of anilines is 1. The van der Waals surface area contributed by atoms with E-state index in [1.54, 1.807) is 61.9 Å². The van der Waals surface area contributed by atoms with Crippen LogP contribution in [0.3, 0.4) is 0 Å². The van der Waals surface area contributed by atoms with Crippen molar-refractivity contribution in [2.24, 2.45) is 0 Å². The number of pyridine rings is 2. The lowest BCUT2D eigenvalue weighted by Crippen LogP contribution is -2.10. The van der Waals surface area contributed by atoms with Crippen LogP contribution in [0.15, 0.2) is 59.8 Å². The average molecular weight is 371 g/mol. The second-order valence-electron chi connectivity index (χ2n) is 5.78. The SMILES string of the molecule is Cc1cc(-c2cc(NS(C)(=O)=O)ccc2Oc2cccnc2)c[nH]c1=O. The molecule has 8 heteroatoms. The fraction of sp³-hybridized carbons (Fsp3) is 0.111. The molecule has 0 bridgehead atoms. The van der Waals surface area contributed by atoms with E-state index >= 15 is 0 Å². The number of ether oxygens (including phenoxy) is 1. The van der Waals surface area contributed by atoms with Gasteiger partial charge in [0, 0.05) is 34.8 Å². The van der Waals surface area contributed by atoms with Crippen molar-refractivity contribution in [1.29, 1.82) is 0 Å². The summed E-state index contributed by atoms with van der Waals surface area (Å²) < 4.78 is 31.4. The molecule has 3 aromatic rings. The molecular weight excluding hydrogens is 354 g/mol. The highest BCUT2D eigenvalue weighted by Crippen LogP contribution is 2.35. The summed E-state index contributed by atoms with van der Waals surface area (Å²) in [5.41, 5.74) is 2.06. The second kappa shape index (κ2) is 7.01. The molecule has 0 amide bonds. The number of nitrogens with zero attached hydrogens (tertiary/aromatic N) is 1. The Morgan fingerprint density at radius 2 is 2.00 bits per heavy atom. The standard InChI is InChI=1S/C18H17N3O4S/c1-12-8-13(10-20-18(12)22)16-9-14(21-26(2,23)24)5-6-17(16)25-15-4-3-7-19-11-15/h3-11,21H,1-2H3,(H,20,22). The highest BCUT2D eigenvalue weighted by atomic mass is 32.2. The maximum absolute atomic E-state index is 11.6. The van der Waals surface area contributed by atoms with E-state index in [1.165, 1.54) is 0 Å². The van der Waals surface area contributed by atoms with Gasteiger partial charge in [-0.1, -0.05) is 0 Å². The zero-order valence-corrected chi connectivity index (χ0v) is 15.0. The van der Waals surface area contributed by atoms with Crippen molar-refractivity contribution in [3.05, 3.63) is 70.9 Å². The molecule has 0 unspecified atom stereocenters. The molecule has 0 aliphatic rings. The summed E-state index contributed by atoms with van der Waals surface area (Å²) in [6.45, 7) is 1.70. The Morgan fingerprint density at radius 3 is 2.65 bits per heavy atom. The number of nitrogens with one attached hydrogen (secondary N) is 2. The molecule has 0 atom stereocenters. The number of aromatic amines is 1. The summed E-state index contributed by atoms with van der Waals surface area (Å²) in [6, 6.07) is 10.1. The Hall–Kier alpha value is -3.13. The van der Waals surface area contributed by atoms with Gasteiger partial charge in [-0.05, 0) is 43.3 Å². The summed E-state index contributed by atoms with van der Waals surface area (Å²) in [7, 11) is -3.42. The van der Waals surface area contributed by atoms with Crippen LogP contribution in [-0.4, -0.2) is 24.6 Å². The highest BCUT2D eigenvalue weighted by molar-refractivity contribution is 7.92. The first kappa shape index (κ1) is 17.7. The highest BCUT2D eigenvalue weighted by Gasteiger charge is 2.12. The molecule has 7 nitrogen and oxygen atoms in total. The number of H-pyrrole nitrogens is 1. The van der Waals surface area contributed by atoms with Crippen LogP contribution in [0.25, 0.3) is 11.1 Å². The zero-order valence-electron chi connectivity index (χ0n) is 14.2. The largest absolute Gasteiger partial charge is 0.455 e. The van der Waals surface area contributed by atoms with Crippen LogP contribution < -0.4 is 15.0 Å². The monoisotopic (exact) mass is 371 g/mol. The Morgan fingerprint density at radius 1 is 1.19 bits per heavy atom. The number of benzene rings is 1. The van der Waals surface area contributed by atoms with Crippen molar-refractivity contribution in [2.45, 2.75) is 6.92 Å². The van der Waals surface area contributed by atoms with Gasteiger partial charge >= 0.3 is 0 Å². The lowest BCUT2D eigenvalue weighted by atomic mass is 10.0. The molecule has 0 saturated heterocycles. The summed E-state index contributed by atoms with van der Waals surface area (Å²) in [5.74, 6) is 1.04. The molecule has 0 fully saturated rings. The molecular formula is C18H17N3O4S. The molecule has 134 valence electrons. The minimum atomic E-state index is -3.42. The van der Waals surface area contributed by atoms with E-state index in [2.05, 4.69) is 14.7 Å². The van der Waals surface area contributed by atoms with E-state index in [1.807, 2.05) is 0 Å². The van der Waals surface area contributed by atoms with Gasteiger partial charge in [0.2, 0.25) is 10.0 Å². The van der Waals surface area contributed by atoms with E-state index in [4.69, 9.17) is 4.74 Å². The molecule has 26 heavy (non-hydrogen) atoms. The first-order valence-corrected chi connectivity index (χ1v) is 9.60. The van der Waals surface area contributed by atoms with Gasteiger partial charge in [-0.25, -0.2) is 8.42 Å². The molecule has 0 aliphatic carbocycles. The van der Waals surface area contributed by atoms with Crippen molar-refractivity contribution < 1.29 is 13.2 Å². The van der Waals surface area contributed by atoms with Crippen LogP contribution in [0.2, 0.25) is 0 Å². The van der Waals surface area contributed by atoms with Crippen LogP contribution in [0, 0.1) is 6.92 Å². The number of aromatic nitrogens is 2. The molecule has 0 aliphatic heterocycles. The average Bonchev–Trinajstić information content (AvgIpc) is 2.58. The topological polar surface area (TPSA) is 101 Å². The summed E-state index contributed by atoms with van der Waals surface area (Å²) in [5, 5.41) is 0. The van der Waals surface area contributed by atoms with Gasteiger partial charge in [-0.15, -0.1) is 0 Å². The molecule has 0 radical (unpaired) electrons. The van der Waals surface area contributed by atoms with Gasteiger partial charge in [0.05, 0.1) is 12.5 Å². The third kappa shape index (κ3) is 4.28. The van der Waals surface area contributed by atoms with E-state index < -0.39 is 10.0 Å². The van der Waals surface area contributed by atoms with E-state index in [0.717, 1.165) is 6.26 Å². The van der Waals surface area contributed by atoms with Crippen molar-refractivity contribution >= 4 is 15.7 Å². The first-order valence-electron chi connectivity index (χ1n) is 7.71. The molecule has 0 spiro atoms. The predicted octanol–water partition coefficient (Wildman–Crippen LogP) is 2.91. The summed E-state index contributed by atoms with van der Waals surface area (Å²) in [6.07, 6.45) is 5.85. The van der Waals surface area contributed by atoms with Gasteiger partial charge in [-0.3, -0.25) is 14.5 Å². The van der Waals surface area contributed by atoms with Gasteiger partial charge < -0.3 is 9.72 Å².